The van der Waals surface area contributed by atoms with Gasteiger partial charge in [-0.2, -0.15) is 0 Å². The average molecular weight is 408 g/mol. The van der Waals surface area contributed by atoms with Gasteiger partial charge in [0.15, 0.2) is 23.3 Å². The van der Waals surface area contributed by atoms with Gasteiger partial charge in [-0.1, -0.05) is 11.8 Å². The molecule has 0 amide bonds. The molecule has 0 saturated carbocycles. The van der Waals surface area contributed by atoms with Crippen LogP contribution in [0.5, 0.6) is 0 Å². The summed E-state index contributed by atoms with van der Waals surface area (Å²) in [7, 11) is 1.53. The minimum atomic E-state index is -1.61. The van der Waals surface area contributed by atoms with E-state index in [1.165, 1.54) is 30.1 Å². The smallest absolute Gasteiger partial charge is 0.337 e. The van der Waals surface area contributed by atoms with E-state index in [-0.39, 0.29) is 37.4 Å². The SMILES string of the molecule is CNc1ccc(C#Cc2c(F)c(F)c(N3CCOCC3)c(F)c2F)cc1C(=O)O. The van der Waals surface area contributed by atoms with Crippen LogP contribution >= 0.6 is 0 Å². The van der Waals surface area contributed by atoms with Crippen LogP contribution in [-0.4, -0.2) is 44.4 Å². The summed E-state index contributed by atoms with van der Waals surface area (Å²) >= 11 is 0. The highest BCUT2D eigenvalue weighted by molar-refractivity contribution is 5.94. The third-order valence-corrected chi connectivity index (χ3v) is 4.42. The van der Waals surface area contributed by atoms with Crippen LogP contribution in [0.1, 0.15) is 21.5 Å². The van der Waals surface area contributed by atoms with Crippen molar-refractivity contribution in [1.82, 2.24) is 0 Å². The maximum atomic E-state index is 14.5. The summed E-state index contributed by atoms with van der Waals surface area (Å²) in [6.07, 6.45) is 0. The molecule has 3 rings (SSSR count). The lowest BCUT2D eigenvalue weighted by Gasteiger charge is -2.29. The van der Waals surface area contributed by atoms with Crippen molar-refractivity contribution < 1.29 is 32.2 Å². The number of nitrogens with zero attached hydrogens (tertiary/aromatic N) is 1. The van der Waals surface area contributed by atoms with E-state index in [9.17, 15) is 27.5 Å². The topological polar surface area (TPSA) is 61.8 Å². The summed E-state index contributed by atoms with van der Waals surface area (Å²) in [5.74, 6) is -3.09. The monoisotopic (exact) mass is 408 g/mol. The molecule has 0 unspecified atom stereocenters. The molecule has 29 heavy (non-hydrogen) atoms. The Bertz CT molecular complexity index is 996. The summed E-state index contributed by atoms with van der Waals surface area (Å²) in [5.41, 5.74) is -1.54. The van der Waals surface area contributed by atoms with E-state index >= 15 is 0 Å². The van der Waals surface area contributed by atoms with E-state index in [1.807, 2.05) is 0 Å². The molecule has 0 spiro atoms. The third kappa shape index (κ3) is 3.98. The van der Waals surface area contributed by atoms with Gasteiger partial charge < -0.3 is 20.1 Å². The van der Waals surface area contributed by atoms with Crippen molar-refractivity contribution in [1.29, 1.82) is 0 Å². The van der Waals surface area contributed by atoms with Crippen LogP contribution in [-0.2, 0) is 4.74 Å². The van der Waals surface area contributed by atoms with Crippen LogP contribution in [0.4, 0.5) is 28.9 Å². The highest BCUT2D eigenvalue weighted by Gasteiger charge is 2.29. The molecule has 1 aliphatic rings. The van der Waals surface area contributed by atoms with Gasteiger partial charge >= 0.3 is 5.97 Å². The molecule has 2 aromatic rings. The number of hydrogen-bond donors (Lipinski definition) is 2. The second kappa shape index (κ2) is 8.41. The molecule has 1 fully saturated rings. The number of nitrogens with one attached hydrogen (secondary N) is 1. The van der Waals surface area contributed by atoms with Gasteiger partial charge in [-0.15, -0.1) is 0 Å². The van der Waals surface area contributed by atoms with Crippen molar-refractivity contribution in [3.63, 3.8) is 0 Å². The lowest BCUT2D eigenvalue weighted by atomic mass is 10.1. The Kier molecular flexibility index (Phi) is 5.94. The Morgan fingerprint density at radius 3 is 2.24 bits per heavy atom. The first-order valence-corrected chi connectivity index (χ1v) is 8.61. The Morgan fingerprint density at radius 1 is 1.07 bits per heavy atom. The zero-order valence-corrected chi connectivity index (χ0v) is 15.3. The van der Waals surface area contributed by atoms with Crippen molar-refractivity contribution in [3.05, 3.63) is 58.2 Å². The molecule has 5 nitrogen and oxygen atoms in total. The number of aromatic carboxylic acids is 1. The highest BCUT2D eigenvalue weighted by Crippen LogP contribution is 2.31. The summed E-state index contributed by atoms with van der Waals surface area (Å²) in [6, 6.07) is 4.02. The van der Waals surface area contributed by atoms with Crippen LogP contribution in [0.25, 0.3) is 0 Å². The number of rotatable bonds is 3. The molecule has 0 aromatic heterocycles. The minimum absolute atomic E-state index is 0.0908. The number of ether oxygens (including phenoxy) is 1. The van der Waals surface area contributed by atoms with E-state index in [1.54, 1.807) is 0 Å². The molecule has 2 aromatic carbocycles. The van der Waals surface area contributed by atoms with Crippen LogP contribution in [0, 0.1) is 35.1 Å². The van der Waals surface area contributed by atoms with Crippen LogP contribution in [0.3, 0.4) is 0 Å². The van der Waals surface area contributed by atoms with Gasteiger partial charge in [-0.3, -0.25) is 0 Å². The number of benzene rings is 2. The first-order chi connectivity index (χ1) is 13.8. The van der Waals surface area contributed by atoms with Crippen molar-refractivity contribution >= 4 is 17.3 Å². The Hall–Kier alpha value is -3.25. The number of morpholine rings is 1. The van der Waals surface area contributed by atoms with Gasteiger partial charge in [0.1, 0.15) is 11.3 Å². The van der Waals surface area contributed by atoms with Gasteiger partial charge in [0.05, 0.1) is 18.8 Å². The van der Waals surface area contributed by atoms with E-state index < -0.39 is 40.5 Å². The van der Waals surface area contributed by atoms with Gasteiger partial charge in [-0.25, -0.2) is 22.4 Å². The Balaban J connectivity index is 2.04. The van der Waals surface area contributed by atoms with E-state index in [0.29, 0.717) is 5.69 Å². The maximum Gasteiger partial charge on any atom is 0.337 e. The molecule has 1 saturated heterocycles. The van der Waals surface area contributed by atoms with Crippen molar-refractivity contribution in [2.75, 3.05) is 43.6 Å². The standard InChI is InChI=1S/C20H16F4N2O3/c1-25-14-5-3-11(10-13(14)20(27)28)2-4-12-15(21)17(23)19(18(24)16(12)22)26-6-8-29-9-7-26/h3,5,10,25H,6-9H2,1H3,(H,27,28). The normalized spacial score (nSPS) is 13.6. The van der Waals surface area contributed by atoms with E-state index in [0.717, 1.165) is 0 Å². The molecule has 1 heterocycles. The molecule has 0 radical (unpaired) electrons. The molecular formula is C20H16F4N2O3. The fourth-order valence-electron chi connectivity index (χ4n) is 2.95. The van der Waals surface area contributed by atoms with Gasteiger partial charge in [0.25, 0.3) is 0 Å². The van der Waals surface area contributed by atoms with Crippen LogP contribution in [0.2, 0.25) is 0 Å². The van der Waals surface area contributed by atoms with Crippen molar-refractivity contribution in [3.8, 4) is 11.8 Å². The fraction of sp³-hybridized carbons (Fsp3) is 0.250. The zero-order chi connectivity index (χ0) is 21.1. The predicted molar refractivity (Wildman–Crippen MR) is 98.2 cm³/mol. The van der Waals surface area contributed by atoms with Crippen molar-refractivity contribution in [2.24, 2.45) is 0 Å². The van der Waals surface area contributed by atoms with Crippen LogP contribution in [0.15, 0.2) is 18.2 Å². The van der Waals surface area contributed by atoms with Crippen LogP contribution < -0.4 is 10.2 Å². The Morgan fingerprint density at radius 2 is 1.69 bits per heavy atom. The molecule has 0 atom stereocenters. The summed E-state index contributed by atoms with van der Waals surface area (Å²) < 4.78 is 62.9. The predicted octanol–water partition coefficient (Wildman–Crippen LogP) is 3.22. The first-order valence-electron chi connectivity index (χ1n) is 8.61. The number of halogens is 4. The number of anilines is 2. The van der Waals surface area contributed by atoms with Gasteiger partial charge in [0.2, 0.25) is 0 Å². The molecule has 1 aliphatic heterocycles. The fourth-order valence-corrected chi connectivity index (χ4v) is 2.95. The zero-order valence-electron chi connectivity index (χ0n) is 15.3. The van der Waals surface area contributed by atoms with Gasteiger partial charge in [-0.05, 0) is 18.2 Å². The molecule has 2 N–H and O–H groups in total. The second-order valence-electron chi connectivity index (χ2n) is 6.14. The number of carboxylic acids is 1. The number of carbonyl (C=O) groups is 1. The van der Waals surface area contributed by atoms with Gasteiger partial charge in [0, 0.05) is 31.4 Å². The summed E-state index contributed by atoms with van der Waals surface area (Å²) in [4.78, 5) is 12.4. The summed E-state index contributed by atoms with van der Waals surface area (Å²) in [5, 5.41) is 11.9. The van der Waals surface area contributed by atoms with Crippen molar-refractivity contribution in [2.45, 2.75) is 0 Å². The number of carboxylic acid groups (broad SMARTS) is 1. The second-order valence-corrected chi connectivity index (χ2v) is 6.14. The Labute approximate surface area is 163 Å². The van der Waals surface area contributed by atoms with E-state index in [2.05, 4.69) is 17.2 Å². The van der Waals surface area contributed by atoms with E-state index in [4.69, 9.17) is 4.74 Å². The molecule has 0 bridgehead atoms. The molecule has 9 heteroatoms. The summed E-state index contributed by atoms with van der Waals surface area (Å²) in [6.45, 7) is 0.539. The molecular weight excluding hydrogens is 392 g/mol. The lowest BCUT2D eigenvalue weighted by molar-refractivity contribution is 0.0698. The highest BCUT2D eigenvalue weighted by atomic mass is 19.2. The third-order valence-electron chi connectivity index (χ3n) is 4.42. The quantitative estimate of drug-likeness (QED) is 0.464. The minimum Gasteiger partial charge on any atom is -0.478 e. The largest absolute Gasteiger partial charge is 0.478 e. The average Bonchev–Trinajstić information content (AvgIpc) is 2.73. The lowest BCUT2D eigenvalue weighted by Crippen LogP contribution is -2.37. The maximum absolute atomic E-state index is 14.5. The molecule has 152 valence electrons. The molecule has 0 aliphatic carbocycles. The first kappa shape index (κ1) is 20.5. The number of hydrogen-bond acceptors (Lipinski definition) is 4.